The summed E-state index contributed by atoms with van der Waals surface area (Å²) in [5.74, 6) is 2.03. The first-order chi connectivity index (χ1) is 13.7. The predicted octanol–water partition coefficient (Wildman–Crippen LogP) is 2.75. The third-order valence-corrected chi connectivity index (χ3v) is 5.79. The zero-order chi connectivity index (χ0) is 19.8. The highest BCUT2D eigenvalue weighted by atomic mass is 127. The van der Waals surface area contributed by atoms with Gasteiger partial charge in [-0.3, -0.25) is 9.89 Å². The Morgan fingerprint density at radius 3 is 2.38 bits per heavy atom. The third-order valence-electron chi connectivity index (χ3n) is 5.79. The van der Waals surface area contributed by atoms with Gasteiger partial charge in [0.15, 0.2) is 5.96 Å². The Hall–Kier alpha value is -1.06. The maximum absolute atomic E-state index is 6.13. The third kappa shape index (κ3) is 7.61. The maximum Gasteiger partial charge on any atom is 0.193 e. The van der Waals surface area contributed by atoms with Crippen LogP contribution in [0.5, 0.6) is 5.75 Å². The summed E-state index contributed by atoms with van der Waals surface area (Å²) in [6.07, 6.45) is 2.37. The molecule has 2 saturated heterocycles. The molecule has 0 aromatic heterocycles. The van der Waals surface area contributed by atoms with Crippen LogP contribution in [0.15, 0.2) is 35.3 Å². The topological polar surface area (TPSA) is 43.3 Å². The first-order valence-electron chi connectivity index (χ1n) is 10.8. The molecule has 2 aliphatic heterocycles. The van der Waals surface area contributed by atoms with E-state index in [1.165, 1.54) is 0 Å². The highest BCUT2D eigenvalue weighted by molar-refractivity contribution is 14.0. The Kier molecular flexibility index (Phi) is 10.5. The number of para-hydroxylation sites is 1. The van der Waals surface area contributed by atoms with Gasteiger partial charge in [0.1, 0.15) is 11.9 Å². The summed E-state index contributed by atoms with van der Waals surface area (Å²) >= 11 is 0. The number of aliphatic imine (C=N–C) groups is 1. The monoisotopic (exact) mass is 515 g/mol. The molecule has 1 aromatic carbocycles. The molecule has 2 fully saturated rings. The van der Waals surface area contributed by atoms with Crippen LogP contribution >= 0.6 is 24.0 Å². The number of guanidine groups is 1. The minimum absolute atomic E-state index is 0. The van der Waals surface area contributed by atoms with Crippen molar-refractivity contribution in [3.8, 4) is 5.75 Å². The Bertz CT molecular complexity index is 598. The molecule has 0 amide bonds. The SMILES string of the molecule is CCNC(=NCC(C)N1CCN(C)CC1)N1CCC(Oc2ccccc2)CC1.I. The number of hydrogen-bond acceptors (Lipinski definition) is 4. The summed E-state index contributed by atoms with van der Waals surface area (Å²) < 4.78 is 6.13. The summed E-state index contributed by atoms with van der Waals surface area (Å²) in [5.41, 5.74) is 0. The first kappa shape index (κ1) is 24.2. The molecule has 0 spiro atoms. The van der Waals surface area contributed by atoms with Crippen molar-refractivity contribution in [1.82, 2.24) is 20.0 Å². The number of piperazine rings is 1. The molecule has 164 valence electrons. The molecule has 0 radical (unpaired) electrons. The van der Waals surface area contributed by atoms with Crippen LogP contribution in [0.4, 0.5) is 0 Å². The lowest BCUT2D eigenvalue weighted by molar-refractivity contribution is 0.120. The van der Waals surface area contributed by atoms with E-state index in [1.807, 2.05) is 30.3 Å². The number of halogens is 1. The molecular weight excluding hydrogens is 477 g/mol. The second-order valence-corrected chi connectivity index (χ2v) is 8.00. The molecule has 0 aliphatic carbocycles. The lowest BCUT2D eigenvalue weighted by atomic mass is 10.1. The highest BCUT2D eigenvalue weighted by Crippen LogP contribution is 2.18. The molecule has 1 N–H and O–H groups in total. The van der Waals surface area contributed by atoms with Gasteiger partial charge in [-0.2, -0.15) is 0 Å². The van der Waals surface area contributed by atoms with E-state index in [0.717, 1.165) is 76.9 Å². The molecule has 0 saturated carbocycles. The standard InChI is InChI=1S/C22H37N5O.HI/c1-4-23-22(24-18-19(2)26-16-14-25(3)15-17-26)27-12-10-21(11-13-27)28-20-8-6-5-7-9-20;/h5-9,19,21H,4,10-18H2,1-3H3,(H,23,24);1H. The number of ether oxygens (including phenoxy) is 1. The fourth-order valence-electron chi connectivity index (χ4n) is 3.90. The molecule has 1 atom stereocenters. The fourth-order valence-corrected chi connectivity index (χ4v) is 3.90. The van der Waals surface area contributed by atoms with E-state index in [-0.39, 0.29) is 24.0 Å². The number of piperidine rings is 1. The predicted molar refractivity (Wildman–Crippen MR) is 132 cm³/mol. The number of nitrogens with zero attached hydrogens (tertiary/aromatic N) is 4. The van der Waals surface area contributed by atoms with E-state index < -0.39 is 0 Å². The average Bonchev–Trinajstić information content (AvgIpc) is 2.73. The number of likely N-dealkylation sites (tertiary alicyclic amines) is 1. The van der Waals surface area contributed by atoms with Crippen LogP contribution in [0.25, 0.3) is 0 Å². The minimum Gasteiger partial charge on any atom is -0.490 e. The Labute approximate surface area is 193 Å². The number of rotatable bonds is 6. The van der Waals surface area contributed by atoms with Crippen LogP contribution < -0.4 is 10.1 Å². The van der Waals surface area contributed by atoms with Gasteiger partial charge < -0.3 is 19.9 Å². The van der Waals surface area contributed by atoms with E-state index in [2.05, 4.69) is 40.9 Å². The smallest absolute Gasteiger partial charge is 0.193 e. The van der Waals surface area contributed by atoms with Crippen LogP contribution in [0.2, 0.25) is 0 Å². The maximum atomic E-state index is 6.13. The second kappa shape index (κ2) is 12.6. The highest BCUT2D eigenvalue weighted by Gasteiger charge is 2.23. The van der Waals surface area contributed by atoms with E-state index in [1.54, 1.807) is 0 Å². The van der Waals surface area contributed by atoms with Gasteiger partial charge in [0, 0.05) is 64.7 Å². The van der Waals surface area contributed by atoms with Crippen molar-refractivity contribution in [1.29, 1.82) is 0 Å². The summed E-state index contributed by atoms with van der Waals surface area (Å²) in [6, 6.07) is 10.7. The van der Waals surface area contributed by atoms with Gasteiger partial charge in [0.25, 0.3) is 0 Å². The molecule has 1 unspecified atom stereocenters. The lowest BCUT2D eigenvalue weighted by Crippen LogP contribution is -2.50. The molecule has 3 rings (SSSR count). The van der Waals surface area contributed by atoms with Crippen LogP contribution in [-0.2, 0) is 0 Å². The van der Waals surface area contributed by atoms with Crippen LogP contribution in [0, 0.1) is 0 Å². The van der Waals surface area contributed by atoms with Gasteiger partial charge in [-0.15, -0.1) is 24.0 Å². The van der Waals surface area contributed by atoms with E-state index >= 15 is 0 Å². The van der Waals surface area contributed by atoms with Crippen molar-refractivity contribution in [2.75, 3.05) is 59.4 Å². The molecular formula is C22H38IN5O. The van der Waals surface area contributed by atoms with Crippen LogP contribution in [-0.4, -0.2) is 92.2 Å². The normalized spacial score (nSPS) is 20.8. The Morgan fingerprint density at radius 1 is 1.10 bits per heavy atom. The molecule has 29 heavy (non-hydrogen) atoms. The van der Waals surface area contributed by atoms with E-state index in [4.69, 9.17) is 9.73 Å². The summed E-state index contributed by atoms with van der Waals surface area (Å²) in [6.45, 7) is 12.8. The van der Waals surface area contributed by atoms with Gasteiger partial charge in [-0.05, 0) is 33.0 Å². The first-order valence-corrected chi connectivity index (χ1v) is 10.8. The van der Waals surface area contributed by atoms with Gasteiger partial charge in [-0.25, -0.2) is 0 Å². The van der Waals surface area contributed by atoms with Crippen LogP contribution in [0.3, 0.4) is 0 Å². The molecule has 6 nitrogen and oxygen atoms in total. The number of benzene rings is 1. The average molecular weight is 515 g/mol. The fraction of sp³-hybridized carbons (Fsp3) is 0.682. The van der Waals surface area contributed by atoms with Crippen molar-refractivity contribution in [2.24, 2.45) is 4.99 Å². The van der Waals surface area contributed by atoms with Crippen molar-refractivity contribution in [3.63, 3.8) is 0 Å². The summed E-state index contributed by atoms with van der Waals surface area (Å²) in [7, 11) is 2.20. The molecule has 0 bridgehead atoms. The van der Waals surface area contributed by atoms with E-state index in [0.29, 0.717) is 12.1 Å². The summed E-state index contributed by atoms with van der Waals surface area (Å²) in [5, 5.41) is 3.49. The summed E-state index contributed by atoms with van der Waals surface area (Å²) in [4.78, 5) is 12.3. The quantitative estimate of drug-likeness (QED) is 0.359. The minimum atomic E-state index is 0. The Morgan fingerprint density at radius 2 is 1.76 bits per heavy atom. The van der Waals surface area contributed by atoms with Gasteiger partial charge in [0.05, 0.1) is 6.54 Å². The number of likely N-dealkylation sites (N-methyl/N-ethyl adjacent to an activating group) is 1. The number of hydrogen-bond donors (Lipinski definition) is 1. The second-order valence-electron chi connectivity index (χ2n) is 8.00. The zero-order valence-corrected chi connectivity index (χ0v) is 20.5. The van der Waals surface area contributed by atoms with Crippen molar-refractivity contribution in [2.45, 2.75) is 38.8 Å². The van der Waals surface area contributed by atoms with Crippen LogP contribution in [0.1, 0.15) is 26.7 Å². The van der Waals surface area contributed by atoms with Crippen molar-refractivity contribution < 1.29 is 4.74 Å². The van der Waals surface area contributed by atoms with Gasteiger partial charge in [-0.1, -0.05) is 18.2 Å². The van der Waals surface area contributed by atoms with Crippen molar-refractivity contribution >= 4 is 29.9 Å². The number of nitrogens with one attached hydrogen (secondary N) is 1. The molecule has 1 aromatic rings. The molecule has 2 heterocycles. The van der Waals surface area contributed by atoms with Gasteiger partial charge >= 0.3 is 0 Å². The largest absolute Gasteiger partial charge is 0.490 e. The Balaban J connectivity index is 0.00000300. The van der Waals surface area contributed by atoms with E-state index in [9.17, 15) is 0 Å². The zero-order valence-electron chi connectivity index (χ0n) is 18.2. The molecule has 7 heteroatoms. The lowest BCUT2D eigenvalue weighted by Gasteiger charge is -2.37. The van der Waals surface area contributed by atoms with Gasteiger partial charge in [0.2, 0.25) is 0 Å². The van der Waals surface area contributed by atoms with Crippen molar-refractivity contribution in [3.05, 3.63) is 30.3 Å². The molecule has 2 aliphatic rings.